The van der Waals surface area contributed by atoms with E-state index in [1.54, 1.807) is 12.1 Å². The van der Waals surface area contributed by atoms with Gasteiger partial charge in [0.1, 0.15) is 5.82 Å². The number of benzene rings is 1. The van der Waals surface area contributed by atoms with Crippen molar-refractivity contribution in [2.24, 2.45) is 5.92 Å². The number of carbonyl (C=O) groups excluding carboxylic acids is 1. The van der Waals surface area contributed by atoms with E-state index in [1.165, 1.54) is 25.3 Å². The van der Waals surface area contributed by atoms with Crippen LogP contribution in [0.25, 0.3) is 0 Å². The van der Waals surface area contributed by atoms with E-state index in [0.29, 0.717) is 17.5 Å². The number of anilines is 1. The SMILES string of the molecule is Nc1c(F)cccc1C(=O)N1CCC2CCCCC21. The predicted molar refractivity (Wildman–Crippen MR) is 72.2 cm³/mol. The van der Waals surface area contributed by atoms with Gasteiger partial charge in [0.2, 0.25) is 0 Å². The zero-order valence-corrected chi connectivity index (χ0v) is 10.9. The summed E-state index contributed by atoms with van der Waals surface area (Å²) < 4.78 is 13.5. The second-order valence-electron chi connectivity index (χ2n) is 5.60. The van der Waals surface area contributed by atoms with Crippen LogP contribution in [0.1, 0.15) is 42.5 Å². The Morgan fingerprint density at radius 2 is 2.05 bits per heavy atom. The number of hydrogen-bond donors (Lipinski definition) is 1. The highest BCUT2D eigenvalue weighted by Gasteiger charge is 2.38. The van der Waals surface area contributed by atoms with E-state index in [1.807, 2.05) is 4.90 Å². The van der Waals surface area contributed by atoms with Crippen LogP contribution in [0.4, 0.5) is 10.1 Å². The number of amides is 1. The van der Waals surface area contributed by atoms with Crippen molar-refractivity contribution in [2.75, 3.05) is 12.3 Å². The topological polar surface area (TPSA) is 46.3 Å². The zero-order chi connectivity index (χ0) is 13.4. The number of rotatable bonds is 1. The number of fused-ring (bicyclic) bond motifs is 1. The normalized spacial score (nSPS) is 26.3. The van der Waals surface area contributed by atoms with Gasteiger partial charge in [-0.1, -0.05) is 18.9 Å². The number of nitrogens with zero attached hydrogens (tertiary/aromatic N) is 1. The number of carbonyl (C=O) groups is 1. The molecule has 1 heterocycles. The molecule has 1 aromatic carbocycles. The third-order valence-electron chi connectivity index (χ3n) is 4.55. The molecule has 0 aromatic heterocycles. The molecule has 2 unspecified atom stereocenters. The molecule has 3 nitrogen and oxygen atoms in total. The van der Waals surface area contributed by atoms with Crippen molar-refractivity contribution in [3.05, 3.63) is 29.6 Å². The van der Waals surface area contributed by atoms with Crippen LogP contribution in [0.3, 0.4) is 0 Å². The smallest absolute Gasteiger partial charge is 0.256 e. The van der Waals surface area contributed by atoms with E-state index < -0.39 is 5.82 Å². The Labute approximate surface area is 112 Å². The fourth-order valence-corrected chi connectivity index (χ4v) is 3.54. The summed E-state index contributed by atoms with van der Waals surface area (Å²) in [5, 5.41) is 0. The monoisotopic (exact) mass is 262 g/mol. The Morgan fingerprint density at radius 3 is 2.89 bits per heavy atom. The number of para-hydroxylation sites is 1. The summed E-state index contributed by atoms with van der Waals surface area (Å²) in [6.07, 6.45) is 5.82. The van der Waals surface area contributed by atoms with Gasteiger partial charge in [-0.15, -0.1) is 0 Å². The van der Waals surface area contributed by atoms with Gasteiger partial charge in [-0.2, -0.15) is 0 Å². The predicted octanol–water partition coefficient (Wildman–Crippen LogP) is 2.81. The molecule has 2 aliphatic rings. The van der Waals surface area contributed by atoms with Crippen molar-refractivity contribution in [3.63, 3.8) is 0 Å². The first-order valence-electron chi connectivity index (χ1n) is 7.03. The maximum atomic E-state index is 13.5. The summed E-state index contributed by atoms with van der Waals surface area (Å²) in [4.78, 5) is 14.5. The molecule has 1 aliphatic carbocycles. The van der Waals surface area contributed by atoms with Gasteiger partial charge < -0.3 is 10.6 Å². The number of hydrogen-bond acceptors (Lipinski definition) is 2. The highest BCUT2D eigenvalue weighted by Crippen LogP contribution is 2.37. The standard InChI is InChI=1S/C15H19FN2O/c16-12-6-3-5-11(14(12)17)15(19)18-9-8-10-4-1-2-7-13(10)18/h3,5-6,10,13H,1-2,4,7-9,17H2. The molecule has 1 saturated heterocycles. The minimum Gasteiger partial charge on any atom is -0.396 e. The number of halogens is 1. The summed E-state index contributed by atoms with van der Waals surface area (Å²) in [5.74, 6) is 0.0177. The van der Waals surface area contributed by atoms with Gasteiger partial charge in [0.15, 0.2) is 0 Å². The maximum Gasteiger partial charge on any atom is 0.256 e. The van der Waals surface area contributed by atoms with E-state index in [9.17, 15) is 9.18 Å². The first-order chi connectivity index (χ1) is 9.18. The van der Waals surface area contributed by atoms with Crippen molar-refractivity contribution >= 4 is 11.6 Å². The minimum absolute atomic E-state index is 0.0215. The molecule has 3 rings (SSSR count). The number of likely N-dealkylation sites (tertiary alicyclic amines) is 1. The van der Waals surface area contributed by atoms with Crippen molar-refractivity contribution in [1.82, 2.24) is 4.90 Å². The summed E-state index contributed by atoms with van der Waals surface area (Å²) >= 11 is 0. The van der Waals surface area contributed by atoms with Crippen molar-refractivity contribution in [2.45, 2.75) is 38.1 Å². The largest absolute Gasteiger partial charge is 0.396 e. The van der Waals surface area contributed by atoms with Gasteiger partial charge in [-0.05, 0) is 37.3 Å². The molecule has 2 N–H and O–H groups in total. The average Bonchev–Trinajstić information content (AvgIpc) is 2.85. The number of nitrogens with two attached hydrogens (primary N) is 1. The lowest BCUT2D eigenvalue weighted by Gasteiger charge is -2.32. The second kappa shape index (κ2) is 4.83. The van der Waals surface area contributed by atoms with Crippen LogP contribution >= 0.6 is 0 Å². The van der Waals surface area contributed by atoms with E-state index in [0.717, 1.165) is 19.4 Å². The fraction of sp³-hybridized carbons (Fsp3) is 0.533. The van der Waals surface area contributed by atoms with Gasteiger partial charge >= 0.3 is 0 Å². The first-order valence-corrected chi connectivity index (χ1v) is 7.03. The molecule has 1 aliphatic heterocycles. The second-order valence-corrected chi connectivity index (χ2v) is 5.60. The van der Waals surface area contributed by atoms with Crippen LogP contribution in [0.2, 0.25) is 0 Å². The first kappa shape index (κ1) is 12.5. The van der Waals surface area contributed by atoms with E-state index in [2.05, 4.69) is 0 Å². The average molecular weight is 262 g/mol. The Balaban J connectivity index is 1.86. The Morgan fingerprint density at radius 1 is 1.26 bits per heavy atom. The molecular weight excluding hydrogens is 243 g/mol. The summed E-state index contributed by atoms with van der Waals surface area (Å²) in [7, 11) is 0. The molecule has 4 heteroatoms. The summed E-state index contributed by atoms with van der Waals surface area (Å²) in [6, 6.07) is 4.80. The van der Waals surface area contributed by atoms with Crippen LogP contribution in [0, 0.1) is 11.7 Å². The molecule has 19 heavy (non-hydrogen) atoms. The van der Waals surface area contributed by atoms with Crippen LogP contribution in [0.15, 0.2) is 18.2 Å². The minimum atomic E-state index is -0.509. The van der Waals surface area contributed by atoms with E-state index in [-0.39, 0.29) is 11.6 Å². The third-order valence-corrected chi connectivity index (χ3v) is 4.55. The Kier molecular flexibility index (Phi) is 3.17. The molecular formula is C15H19FN2O. The number of nitrogen functional groups attached to an aromatic ring is 1. The van der Waals surface area contributed by atoms with Crippen molar-refractivity contribution < 1.29 is 9.18 Å². The molecule has 0 bridgehead atoms. The van der Waals surface area contributed by atoms with Gasteiger partial charge in [0.05, 0.1) is 11.3 Å². The summed E-state index contributed by atoms with van der Waals surface area (Å²) in [6.45, 7) is 0.782. The molecule has 0 spiro atoms. The van der Waals surface area contributed by atoms with Crippen LogP contribution in [-0.4, -0.2) is 23.4 Å². The molecule has 1 amide bonds. The van der Waals surface area contributed by atoms with E-state index >= 15 is 0 Å². The molecule has 0 radical (unpaired) electrons. The van der Waals surface area contributed by atoms with Gasteiger partial charge in [0, 0.05) is 12.6 Å². The van der Waals surface area contributed by atoms with Gasteiger partial charge in [-0.3, -0.25) is 4.79 Å². The zero-order valence-electron chi connectivity index (χ0n) is 10.9. The lowest BCUT2D eigenvalue weighted by molar-refractivity contribution is 0.0691. The molecule has 1 aromatic rings. The lowest BCUT2D eigenvalue weighted by Crippen LogP contribution is -2.39. The molecule has 1 saturated carbocycles. The molecule has 2 atom stereocenters. The van der Waals surface area contributed by atoms with Crippen LogP contribution < -0.4 is 5.73 Å². The van der Waals surface area contributed by atoms with Gasteiger partial charge in [-0.25, -0.2) is 4.39 Å². The van der Waals surface area contributed by atoms with Crippen molar-refractivity contribution in [1.29, 1.82) is 0 Å². The molecule has 102 valence electrons. The maximum absolute atomic E-state index is 13.5. The molecule has 2 fully saturated rings. The third kappa shape index (κ3) is 2.09. The van der Waals surface area contributed by atoms with Crippen LogP contribution in [-0.2, 0) is 0 Å². The Hall–Kier alpha value is -1.58. The van der Waals surface area contributed by atoms with Crippen LogP contribution in [0.5, 0.6) is 0 Å². The fourth-order valence-electron chi connectivity index (χ4n) is 3.54. The Bertz CT molecular complexity index is 503. The highest BCUT2D eigenvalue weighted by molar-refractivity contribution is 5.99. The van der Waals surface area contributed by atoms with Gasteiger partial charge in [0.25, 0.3) is 5.91 Å². The summed E-state index contributed by atoms with van der Waals surface area (Å²) in [5.41, 5.74) is 5.99. The quantitative estimate of drug-likeness (QED) is 0.791. The lowest BCUT2D eigenvalue weighted by atomic mass is 9.85. The van der Waals surface area contributed by atoms with E-state index in [4.69, 9.17) is 5.73 Å². The highest BCUT2D eigenvalue weighted by atomic mass is 19.1. The van der Waals surface area contributed by atoms with Crippen molar-refractivity contribution in [3.8, 4) is 0 Å².